The summed E-state index contributed by atoms with van der Waals surface area (Å²) in [5, 5.41) is 11.4. The molecule has 136 valence electrons. The first-order valence-corrected chi connectivity index (χ1v) is 10.6. The van der Waals surface area contributed by atoms with Gasteiger partial charge in [-0.05, 0) is 85.9 Å². The van der Waals surface area contributed by atoms with Gasteiger partial charge < -0.3 is 5.11 Å². The molecule has 4 aliphatic rings. The molecule has 2 heteroatoms. The van der Waals surface area contributed by atoms with E-state index in [1.54, 1.807) is 0 Å². The summed E-state index contributed by atoms with van der Waals surface area (Å²) in [7, 11) is 0. The number of hydrogen-bond donors (Lipinski definition) is 1. The average Bonchev–Trinajstić information content (AvgIpc) is 2.80. The van der Waals surface area contributed by atoms with Crippen LogP contribution in [-0.2, 0) is 4.79 Å². The molecule has 0 aromatic rings. The quantitative estimate of drug-likeness (QED) is 0.761. The summed E-state index contributed by atoms with van der Waals surface area (Å²) in [6.07, 6.45) is 12.2. The molecular weight excluding hydrogens is 296 g/mol. The van der Waals surface area contributed by atoms with E-state index in [0.717, 1.165) is 50.4 Å². The Kier molecular flexibility index (Phi) is 3.95. The molecule has 0 saturated heterocycles. The molecule has 0 unspecified atom stereocenters. The minimum Gasteiger partial charge on any atom is -0.389 e. The third kappa shape index (κ3) is 2.14. The van der Waals surface area contributed by atoms with Crippen molar-refractivity contribution in [1.29, 1.82) is 0 Å². The van der Waals surface area contributed by atoms with E-state index in [4.69, 9.17) is 0 Å². The molecule has 24 heavy (non-hydrogen) atoms. The smallest absolute Gasteiger partial charge is 0.133 e. The van der Waals surface area contributed by atoms with Gasteiger partial charge in [-0.3, -0.25) is 4.79 Å². The Labute approximate surface area is 147 Å². The van der Waals surface area contributed by atoms with E-state index in [1.165, 1.54) is 32.1 Å². The number of Topliss-reactive ketones (excluding diaryl/α,β-unsaturated/α-hetero) is 1. The highest BCUT2D eigenvalue weighted by atomic mass is 16.3. The van der Waals surface area contributed by atoms with Gasteiger partial charge in [-0.25, -0.2) is 0 Å². The van der Waals surface area contributed by atoms with Crippen molar-refractivity contribution in [2.45, 2.75) is 97.0 Å². The molecule has 0 amide bonds. The van der Waals surface area contributed by atoms with E-state index in [2.05, 4.69) is 20.8 Å². The minimum atomic E-state index is -0.419. The van der Waals surface area contributed by atoms with Crippen LogP contribution in [0.3, 0.4) is 0 Å². The van der Waals surface area contributed by atoms with Crippen LogP contribution in [0, 0.1) is 34.5 Å². The van der Waals surface area contributed by atoms with Gasteiger partial charge in [-0.1, -0.05) is 27.2 Å². The first-order valence-electron chi connectivity index (χ1n) is 10.6. The summed E-state index contributed by atoms with van der Waals surface area (Å²) < 4.78 is 0. The van der Waals surface area contributed by atoms with Crippen LogP contribution < -0.4 is 0 Å². The van der Waals surface area contributed by atoms with Crippen molar-refractivity contribution in [2.24, 2.45) is 34.5 Å². The molecule has 0 bridgehead atoms. The highest BCUT2D eigenvalue weighted by molar-refractivity contribution is 5.79. The van der Waals surface area contributed by atoms with Crippen LogP contribution in [-0.4, -0.2) is 16.5 Å². The minimum absolute atomic E-state index is 0.137. The van der Waals surface area contributed by atoms with Gasteiger partial charge in [0.05, 0.1) is 5.60 Å². The van der Waals surface area contributed by atoms with Crippen molar-refractivity contribution < 1.29 is 9.90 Å². The van der Waals surface area contributed by atoms with Crippen LogP contribution in [0.1, 0.15) is 91.4 Å². The summed E-state index contributed by atoms with van der Waals surface area (Å²) in [5.74, 6) is 3.45. The second-order valence-electron chi connectivity index (χ2n) is 10.2. The fraction of sp³-hybridized carbons (Fsp3) is 0.955. The lowest BCUT2D eigenvalue weighted by atomic mass is 9.44. The normalized spacial score (nSPS) is 54.1. The van der Waals surface area contributed by atoms with Gasteiger partial charge in [0.15, 0.2) is 0 Å². The van der Waals surface area contributed by atoms with E-state index in [0.29, 0.717) is 23.0 Å². The number of carbonyl (C=O) groups is 1. The Morgan fingerprint density at radius 1 is 1.04 bits per heavy atom. The molecule has 0 aromatic heterocycles. The first-order chi connectivity index (χ1) is 11.3. The number of fused-ring (bicyclic) bond motifs is 5. The summed E-state index contributed by atoms with van der Waals surface area (Å²) in [6.45, 7) is 7.14. The average molecular weight is 333 g/mol. The Hall–Kier alpha value is -0.370. The van der Waals surface area contributed by atoms with Crippen molar-refractivity contribution in [1.82, 2.24) is 0 Å². The predicted octanol–water partition coefficient (Wildman–Crippen LogP) is 5.13. The number of ketones is 1. The number of aliphatic hydroxyl groups is 1. The monoisotopic (exact) mass is 332 g/mol. The van der Waals surface area contributed by atoms with E-state index < -0.39 is 5.60 Å². The zero-order valence-corrected chi connectivity index (χ0v) is 15.9. The Balaban J connectivity index is 1.62. The van der Waals surface area contributed by atoms with E-state index >= 15 is 0 Å². The second-order valence-corrected chi connectivity index (χ2v) is 10.2. The first kappa shape index (κ1) is 17.1. The lowest BCUT2D eigenvalue weighted by Crippen LogP contribution is -2.56. The SMILES string of the molecule is CCC[C@]1(O)CC[C@H]2[C@@H]3CC[C@H]4CC(=O)CC[C@]4(C)[C@H]3CC[C@@]21C. The molecule has 4 saturated carbocycles. The number of hydrogen-bond acceptors (Lipinski definition) is 2. The van der Waals surface area contributed by atoms with Gasteiger partial charge in [-0.15, -0.1) is 0 Å². The van der Waals surface area contributed by atoms with E-state index in [1.807, 2.05) is 0 Å². The van der Waals surface area contributed by atoms with Gasteiger partial charge in [0.25, 0.3) is 0 Å². The molecule has 4 fully saturated rings. The maximum absolute atomic E-state index is 12.0. The molecule has 0 radical (unpaired) electrons. The lowest BCUT2D eigenvalue weighted by molar-refractivity contribution is -0.158. The largest absolute Gasteiger partial charge is 0.389 e. The van der Waals surface area contributed by atoms with Crippen LogP contribution in [0.15, 0.2) is 0 Å². The van der Waals surface area contributed by atoms with Crippen LogP contribution >= 0.6 is 0 Å². The molecule has 4 aliphatic carbocycles. The Morgan fingerprint density at radius 3 is 2.54 bits per heavy atom. The summed E-state index contributed by atoms with van der Waals surface area (Å²) in [5.41, 5.74) is 0.110. The zero-order chi connectivity index (χ0) is 17.2. The summed E-state index contributed by atoms with van der Waals surface area (Å²) in [6, 6.07) is 0. The third-order valence-electron chi connectivity index (χ3n) is 9.47. The zero-order valence-electron chi connectivity index (χ0n) is 15.9. The van der Waals surface area contributed by atoms with Crippen LogP contribution in [0.2, 0.25) is 0 Å². The van der Waals surface area contributed by atoms with Crippen LogP contribution in [0.25, 0.3) is 0 Å². The summed E-state index contributed by atoms with van der Waals surface area (Å²) in [4.78, 5) is 12.0. The van der Waals surface area contributed by atoms with Crippen molar-refractivity contribution in [3.05, 3.63) is 0 Å². The highest BCUT2D eigenvalue weighted by Gasteiger charge is 2.64. The maximum atomic E-state index is 12.0. The standard InChI is InChI=1S/C22H36O2/c1-4-10-22(24)13-9-19-17-6-5-15-14-16(23)7-11-20(15,2)18(17)8-12-21(19,22)3/h15,17-19,24H,4-14H2,1-3H3/t15-,17+,18-,19-,20-,21-,22-/m0/s1. The van der Waals surface area contributed by atoms with Gasteiger partial charge in [0.2, 0.25) is 0 Å². The fourth-order valence-corrected chi connectivity index (χ4v) is 7.98. The number of rotatable bonds is 2. The maximum Gasteiger partial charge on any atom is 0.133 e. The fourth-order valence-electron chi connectivity index (χ4n) is 7.98. The van der Waals surface area contributed by atoms with Gasteiger partial charge >= 0.3 is 0 Å². The summed E-state index contributed by atoms with van der Waals surface area (Å²) >= 11 is 0. The van der Waals surface area contributed by atoms with Gasteiger partial charge in [0, 0.05) is 12.8 Å². The molecule has 2 nitrogen and oxygen atoms in total. The third-order valence-corrected chi connectivity index (χ3v) is 9.47. The highest BCUT2D eigenvalue weighted by Crippen LogP contribution is 2.68. The van der Waals surface area contributed by atoms with Crippen molar-refractivity contribution in [3.8, 4) is 0 Å². The van der Waals surface area contributed by atoms with Crippen LogP contribution in [0.4, 0.5) is 0 Å². The molecule has 4 rings (SSSR count). The molecule has 1 N–H and O–H groups in total. The molecule has 0 heterocycles. The topological polar surface area (TPSA) is 37.3 Å². The molecule has 0 spiro atoms. The van der Waals surface area contributed by atoms with Crippen LogP contribution in [0.5, 0.6) is 0 Å². The van der Waals surface area contributed by atoms with Gasteiger partial charge in [0.1, 0.15) is 5.78 Å². The van der Waals surface area contributed by atoms with Gasteiger partial charge in [-0.2, -0.15) is 0 Å². The van der Waals surface area contributed by atoms with Crippen molar-refractivity contribution in [2.75, 3.05) is 0 Å². The van der Waals surface area contributed by atoms with E-state index in [9.17, 15) is 9.90 Å². The molecular formula is C22H36O2. The molecule has 0 aliphatic heterocycles. The van der Waals surface area contributed by atoms with Crippen molar-refractivity contribution in [3.63, 3.8) is 0 Å². The Morgan fingerprint density at radius 2 is 1.79 bits per heavy atom. The number of carbonyl (C=O) groups excluding carboxylic acids is 1. The Bertz CT molecular complexity index is 528. The molecule has 7 atom stereocenters. The van der Waals surface area contributed by atoms with Crippen molar-refractivity contribution >= 4 is 5.78 Å². The second kappa shape index (κ2) is 5.56. The van der Waals surface area contributed by atoms with E-state index in [-0.39, 0.29) is 5.41 Å². The predicted molar refractivity (Wildman–Crippen MR) is 96.6 cm³/mol. The lowest BCUT2D eigenvalue weighted by Gasteiger charge is -2.61. The molecule has 0 aromatic carbocycles.